The van der Waals surface area contributed by atoms with Crippen molar-refractivity contribution in [2.24, 2.45) is 5.92 Å². The smallest absolute Gasteiger partial charge is 0.0328 e. The van der Waals surface area contributed by atoms with Crippen molar-refractivity contribution in [3.63, 3.8) is 0 Å². The van der Waals surface area contributed by atoms with E-state index < -0.39 is 0 Å². The van der Waals surface area contributed by atoms with Crippen LogP contribution in [0.1, 0.15) is 26.7 Å². The van der Waals surface area contributed by atoms with Crippen LogP contribution in [0.3, 0.4) is 0 Å². The molecule has 0 saturated carbocycles. The zero-order chi connectivity index (χ0) is 5.70. The molecule has 0 fully saturated rings. The first-order valence-electron chi connectivity index (χ1n) is 2.92. The number of allylic oxidation sites excluding steroid dienone is 1. The lowest BCUT2D eigenvalue weighted by Gasteiger charge is -2.00. The second kappa shape index (κ2) is 3.91. The second-order valence-corrected chi connectivity index (χ2v) is 2.04. The lowest BCUT2D eigenvalue weighted by atomic mass is 10.1. The molecule has 0 bridgehead atoms. The maximum atomic E-state index is 3.65. The predicted octanol–water partition coefficient (Wildman–Crippen LogP) is 2.61. The second-order valence-electron chi connectivity index (χ2n) is 2.04. The van der Waals surface area contributed by atoms with E-state index in [4.69, 9.17) is 0 Å². The third-order valence-electron chi connectivity index (χ3n) is 1.27. The number of hydrogen-bond donors (Lipinski definition) is 0. The maximum Gasteiger partial charge on any atom is -0.0328 e. The fourth-order valence-electron chi connectivity index (χ4n) is 0.451. The maximum absolute atomic E-state index is 3.65. The Bertz CT molecular complexity index is 46.0. The van der Waals surface area contributed by atoms with E-state index in [9.17, 15) is 0 Å². The fourth-order valence-corrected chi connectivity index (χ4v) is 0.451. The third-order valence-corrected chi connectivity index (χ3v) is 1.27. The molecule has 7 heavy (non-hydrogen) atoms. The molecule has 0 aromatic rings. The summed E-state index contributed by atoms with van der Waals surface area (Å²) >= 11 is 0. The molecule has 0 aromatic heterocycles. The van der Waals surface area contributed by atoms with Gasteiger partial charge < -0.3 is 0 Å². The Balaban J connectivity index is 2.98. The van der Waals surface area contributed by atoms with Gasteiger partial charge in [0, 0.05) is 0 Å². The molecule has 0 aliphatic heterocycles. The van der Waals surface area contributed by atoms with Gasteiger partial charge in [-0.1, -0.05) is 26.3 Å². The van der Waals surface area contributed by atoms with Gasteiger partial charge in [-0.2, -0.15) is 0 Å². The van der Waals surface area contributed by atoms with Gasteiger partial charge in [-0.3, -0.25) is 0 Å². The van der Waals surface area contributed by atoms with Crippen LogP contribution in [0.25, 0.3) is 0 Å². The quantitative estimate of drug-likeness (QED) is 0.476. The first-order valence-corrected chi connectivity index (χ1v) is 2.92. The summed E-state index contributed by atoms with van der Waals surface area (Å²) in [4.78, 5) is 0. The lowest BCUT2D eigenvalue weighted by molar-refractivity contribution is 0.572. The van der Waals surface area contributed by atoms with Crippen LogP contribution in [0.4, 0.5) is 0 Å². The van der Waals surface area contributed by atoms with Crippen molar-refractivity contribution in [3.05, 3.63) is 12.7 Å². The minimum atomic E-state index is 0.831. The van der Waals surface area contributed by atoms with Crippen LogP contribution in [0, 0.1) is 5.92 Å². The van der Waals surface area contributed by atoms with Crippen LogP contribution in [-0.2, 0) is 0 Å². The predicted molar refractivity (Wildman–Crippen MR) is 34.3 cm³/mol. The Hall–Kier alpha value is -0.260. The summed E-state index contributed by atoms with van der Waals surface area (Å²) in [5.74, 6) is 0.831. The van der Waals surface area contributed by atoms with Crippen molar-refractivity contribution < 1.29 is 0 Å². The summed E-state index contributed by atoms with van der Waals surface area (Å²) in [6, 6.07) is 0. The van der Waals surface area contributed by atoms with Crippen LogP contribution in [0.15, 0.2) is 12.7 Å². The van der Waals surface area contributed by atoms with E-state index in [1.807, 2.05) is 6.08 Å². The van der Waals surface area contributed by atoms with Gasteiger partial charge in [-0.25, -0.2) is 0 Å². The highest BCUT2D eigenvalue weighted by Gasteiger charge is 1.90. The topological polar surface area (TPSA) is 0 Å². The van der Waals surface area contributed by atoms with Crippen molar-refractivity contribution in [1.29, 1.82) is 0 Å². The molecule has 0 aliphatic rings. The van der Waals surface area contributed by atoms with E-state index in [0.717, 1.165) is 12.3 Å². The molecule has 0 aromatic carbocycles. The summed E-state index contributed by atoms with van der Waals surface area (Å²) in [7, 11) is 0. The minimum absolute atomic E-state index is 0.831. The largest absolute Gasteiger partial charge is 0.103 e. The lowest BCUT2D eigenvalue weighted by Crippen LogP contribution is -1.86. The summed E-state index contributed by atoms with van der Waals surface area (Å²) in [6.45, 7) is 8.09. The van der Waals surface area contributed by atoms with E-state index in [2.05, 4.69) is 20.4 Å². The van der Waals surface area contributed by atoms with Crippen molar-refractivity contribution in [2.75, 3.05) is 0 Å². The fraction of sp³-hybridized carbons (Fsp3) is 0.714. The summed E-state index contributed by atoms with van der Waals surface area (Å²) in [5.41, 5.74) is 0. The Labute approximate surface area is 46.2 Å². The van der Waals surface area contributed by atoms with Gasteiger partial charge in [0.15, 0.2) is 0 Å². The highest BCUT2D eigenvalue weighted by atomic mass is 14.0. The van der Waals surface area contributed by atoms with Crippen molar-refractivity contribution in [1.82, 2.24) is 0 Å². The van der Waals surface area contributed by atoms with Gasteiger partial charge >= 0.3 is 0 Å². The molecular formula is C7H14. The summed E-state index contributed by atoms with van der Waals surface area (Å²) in [5, 5.41) is 0. The molecule has 0 heterocycles. The molecule has 0 N–H and O–H groups in total. The Kier molecular flexibility index (Phi) is 3.77. The first-order chi connectivity index (χ1) is 3.31. The van der Waals surface area contributed by atoms with Gasteiger partial charge in [0.05, 0.1) is 0 Å². The molecule has 0 spiro atoms. The molecule has 0 saturated heterocycles. The monoisotopic (exact) mass is 98.1 g/mol. The molecule has 0 heteroatoms. The van der Waals surface area contributed by atoms with Crippen LogP contribution >= 0.6 is 0 Å². The highest BCUT2D eigenvalue weighted by molar-refractivity contribution is 4.68. The van der Waals surface area contributed by atoms with Crippen LogP contribution in [-0.4, -0.2) is 0 Å². The van der Waals surface area contributed by atoms with Crippen LogP contribution in [0.5, 0.6) is 0 Å². The Morgan fingerprint density at radius 1 is 1.71 bits per heavy atom. The zero-order valence-corrected chi connectivity index (χ0v) is 5.28. The molecule has 42 valence electrons. The summed E-state index contributed by atoms with van der Waals surface area (Å²) < 4.78 is 0. The molecule has 0 amide bonds. The van der Waals surface area contributed by atoms with Gasteiger partial charge in [0.1, 0.15) is 0 Å². The van der Waals surface area contributed by atoms with Gasteiger partial charge in [0.2, 0.25) is 0 Å². The standard InChI is InChI=1S/C7H14/c1-4-6-7(3)5-2/h4,7H,1,5-6H2,2-3H3/t7-/m1/s1. The Morgan fingerprint density at radius 3 is 2.43 bits per heavy atom. The van der Waals surface area contributed by atoms with Gasteiger partial charge in [0.25, 0.3) is 0 Å². The molecular weight excluding hydrogens is 84.1 g/mol. The third kappa shape index (κ3) is 3.57. The van der Waals surface area contributed by atoms with E-state index in [1.54, 1.807) is 0 Å². The van der Waals surface area contributed by atoms with E-state index >= 15 is 0 Å². The molecule has 0 aliphatic carbocycles. The van der Waals surface area contributed by atoms with Crippen molar-refractivity contribution in [2.45, 2.75) is 26.7 Å². The molecule has 0 nitrogen and oxygen atoms in total. The first kappa shape index (κ1) is 6.74. The number of hydrogen-bond acceptors (Lipinski definition) is 0. The van der Waals surface area contributed by atoms with E-state index in [0.29, 0.717) is 0 Å². The van der Waals surface area contributed by atoms with Gasteiger partial charge in [-0.15, -0.1) is 6.58 Å². The molecule has 0 radical (unpaired) electrons. The van der Waals surface area contributed by atoms with E-state index in [1.165, 1.54) is 6.42 Å². The Morgan fingerprint density at radius 2 is 2.29 bits per heavy atom. The average molecular weight is 98.2 g/mol. The molecule has 1 atom stereocenters. The average Bonchev–Trinajstić information content (AvgIpc) is 1.68. The zero-order valence-electron chi connectivity index (χ0n) is 5.28. The molecule has 0 unspecified atom stereocenters. The normalized spacial score (nSPS) is 13.4. The molecule has 0 rings (SSSR count). The van der Waals surface area contributed by atoms with E-state index in [-0.39, 0.29) is 0 Å². The van der Waals surface area contributed by atoms with Gasteiger partial charge in [-0.05, 0) is 12.3 Å². The summed E-state index contributed by atoms with van der Waals surface area (Å²) in [6.07, 6.45) is 4.41. The SMILES string of the molecule is C=CC[C@H](C)CC. The van der Waals surface area contributed by atoms with Crippen LogP contribution < -0.4 is 0 Å². The highest BCUT2D eigenvalue weighted by Crippen LogP contribution is 2.04. The number of rotatable bonds is 3. The van der Waals surface area contributed by atoms with Crippen molar-refractivity contribution in [3.8, 4) is 0 Å². The van der Waals surface area contributed by atoms with Crippen LogP contribution in [0.2, 0.25) is 0 Å². The van der Waals surface area contributed by atoms with Crippen molar-refractivity contribution >= 4 is 0 Å². The minimum Gasteiger partial charge on any atom is -0.103 e.